The van der Waals surface area contributed by atoms with Crippen molar-refractivity contribution in [2.24, 2.45) is 11.3 Å². The Morgan fingerprint density at radius 3 is 2.30 bits per heavy atom. The average molecular weight is 461 g/mol. The molecule has 0 unspecified atom stereocenters. The number of nitrogens with one attached hydrogen (secondary N) is 2. The topological polar surface area (TPSA) is 91.0 Å². The van der Waals surface area contributed by atoms with Crippen LogP contribution in [0.2, 0.25) is 0 Å². The molecular weight excluding hydrogens is 420 g/mol. The first kappa shape index (κ1) is 26.6. The summed E-state index contributed by atoms with van der Waals surface area (Å²) >= 11 is 0. The van der Waals surface area contributed by atoms with Crippen LogP contribution >= 0.6 is 0 Å². The average Bonchev–Trinajstić information content (AvgIpc) is 2.69. The molecule has 1 aliphatic heterocycles. The first-order valence-corrected chi connectivity index (χ1v) is 11.6. The molecule has 0 bridgehead atoms. The molecule has 1 fully saturated rings. The summed E-state index contributed by atoms with van der Waals surface area (Å²) in [5.41, 5.74) is 0.395. The van der Waals surface area contributed by atoms with Gasteiger partial charge in [-0.3, -0.25) is 14.9 Å². The smallest absolute Gasteiger partial charge is 0.412 e. The Hall–Kier alpha value is -2.61. The van der Waals surface area contributed by atoms with E-state index in [1.54, 1.807) is 49.9 Å². The van der Waals surface area contributed by atoms with Crippen molar-refractivity contribution in [2.75, 3.05) is 45.6 Å². The van der Waals surface area contributed by atoms with Gasteiger partial charge >= 0.3 is 6.09 Å². The SMILES string of the molecule is CN(C)CC(C)(C)CNC(=O)C1CCN(C(=O)c2cccc(NC(=O)OC(C)(C)C)c2)CC1. The second-order valence-corrected chi connectivity index (χ2v) is 10.9. The summed E-state index contributed by atoms with van der Waals surface area (Å²) in [6.07, 6.45) is 0.718. The van der Waals surface area contributed by atoms with E-state index in [2.05, 4.69) is 29.4 Å². The van der Waals surface area contributed by atoms with Crippen LogP contribution in [0.15, 0.2) is 24.3 Å². The molecule has 0 atom stereocenters. The van der Waals surface area contributed by atoms with E-state index in [4.69, 9.17) is 4.74 Å². The van der Waals surface area contributed by atoms with Crippen LogP contribution in [0.1, 0.15) is 57.8 Å². The van der Waals surface area contributed by atoms with Gasteiger partial charge in [-0.1, -0.05) is 19.9 Å². The Morgan fingerprint density at radius 1 is 1.09 bits per heavy atom. The van der Waals surface area contributed by atoms with E-state index in [0.717, 1.165) is 6.54 Å². The molecule has 2 N–H and O–H groups in total. The Kier molecular flexibility index (Phi) is 8.89. The zero-order chi connectivity index (χ0) is 24.8. The van der Waals surface area contributed by atoms with Gasteiger partial charge in [0.2, 0.25) is 5.91 Å². The van der Waals surface area contributed by atoms with E-state index in [-0.39, 0.29) is 23.1 Å². The van der Waals surface area contributed by atoms with Crippen LogP contribution in [0.4, 0.5) is 10.5 Å². The Bertz CT molecular complexity index is 837. The number of hydrogen-bond donors (Lipinski definition) is 2. The molecule has 1 aliphatic rings. The number of rotatable bonds is 7. The van der Waals surface area contributed by atoms with E-state index in [0.29, 0.717) is 43.7 Å². The third kappa shape index (κ3) is 9.04. The van der Waals surface area contributed by atoms with Crippen LogP contribution in [0, 0.1) is 11.3 Å². The van der Waals surface area contributed by atoms with E-state index < -0.39 is 11.7 Å². The minimum Gasteiger partial charge on any atom is -0.444 e. The molecule has 0 radical (unpaired) electrons. The van der Waals surface area contributed by atoms with Crippen LogP contribution in [-0.2, 0) is 9.53 Å². The highest BCUT2D eigenvalue weighted by Crippen LogP contribution is 2.22. The summed E-state index contributed by atoms with van der Waals surface area (Å²) in [5, 5.41) is 5.76. The van der Waals surface area contributed by atoms with Gasteiger partial charge in [0.25, 0.3) is 5.91 Å². The number of hydrogen-bond acceptors (Lipinski definition) is 5. The van der Waals surface area contributed by atoms with E-state index in [9.17, 15) is 14.4 Å². The second-order valence-electron chi connectivity index (χ2n) is 10.9. The van der Waals surface area contributed by atoms with Crippen molar-refractivity contribution in [2.45, 2.75) is 53.1 Å². The lowest BCUT2D eigenvalue weighted by Gasteiger charge is -2.33. The molecule has 0 aliphatic carbocycles. The summed E-state index contributed by atoms with van der Waals surface area (Å²) in [5.74, 6) is -0.115. The van der Waals surface area contributed by atoms with Gasteiger partial charge in [0.15, 0.2) is 0 Å². The summed E-state index contributed by atoms with van der Waals surface area (Å²) in [6, 6.07) is 6.83. The van der Waals surface area contributed by atoms with Gasteiger partial charge < -0.3 is 19.9 Å². The summed E-state index contributed by atoms with van der Waals surface area (Å²) in [4.78, 5) is 41.5. The van der Waals surface area contributed by atoms with Crippen molar-refractivity contribution in [3.05, 3.63) is 29.8 Å². The number of ether oxygens (including phenoxy) is 1. The molecule has 1 aromatic rings. The maximum Gasteiger partial charge on any atom is 0.412 e. The lowest BCUT2D eigenvalue weighted by molar-refractivity contribution is -0.126. The second kappa shape index (κ2) is 11.0. The highest BCUT2D eigenvalue weighted by Gasteiger charge is 2.29. The molecule has 3 amide bonds. The number of nitrogens with zero attached hydrogens (tertiary/aromatic N) is 2. The van der Waals surface area contributed by atoms with Crippen LogP contribution in [0.3, 0.4) is 0 Å². The van der Waals surface area contributed by atoms with Crippen molar-refractivity contribution < 1.29 is 19.1 Å². The zero-order valence-corrected chi connectivity index (χ0v) is 21.2. The number of carbonyl (C=O) groups excluding carboxylic acids is 3. The third-order valence-corrected chi connectivity index (χ3v) is 5.39. The molecule has 2 rings (SSSR count). The lowest BCUT2D eigenvalue weighted by atomic mass is 9.91. The van der Waals surface area contributed by atoms with Crippen LogP contribution in [0.25, 0.3) is 0 Å². The molecule has 0 aromatic heterocycles. The number of piperidine rings is 1. The maximum atomic E-state index is 13.0. The fourth-order valence-electron chi connectivity index (χ4n) is 4.06. The van der Waals surface area contributed by atoms with Crippen molar-refractivity contribution in [3.63, 3.8) is 0 Å². The van der Waals surface area contributed by atoms with Crippen molar-refractivity contribution >= 4 is 23.6 Å². The van der Waals surface area contributed by atoms with Gasteiger partial charge in [-0.05, 0) is 71.3 Å². The highest BCUT2D eigenvalue weighted by atomic mass is 16.6. The molecule has 0 spiro atoms. The minimum atomic E-state index is -0.601. The molecule has 1 aromatic carbocycles. The van der Waals surface area contributed by atoms with E-state index >= 15 is 0 Å². The summed E-state index contributed by atoms with van der Waals surface area (Å²) < 4.78 is 5.27. The highest BCUT2D eigenvalue weighted by molar-refractivity contribution is 5.96. The number of carbonyl (C=O) groups is 3. The van der Waals surface area contributed by atoms with Gasteiger partial charge in [-0.25, -0.2) is 4.79 Å². The fraction of sp³-hybridized carbons (Fsp3) is 0.640. The predicted molar refractivity (Wildman–Crippen MR) is 130 cm³/mol. The molecule has 1 heterocycles. The standard InChI is InChI=1S/C25H40N4O4/c1-24(2,3)33-23(32)27-20-10-8-9-19(15-20)22(31)29-13-11-18(12-14-29)21(30)26-16-25(4,5)17-28(6)7/h8-10,15,18H,11-14,16-17H2,1-7H3,(H,26,30)(H,27,32). The molecule has 1 saturated heterocycles. The van der Waals surface area contributed by atoms with Gasteiger partial charge in [-0.15, -0.1) is 0 Å². The predicted octanol–water partition coefficient (Wildman–Crippen LogP) is 3.59. The molecule has 0 saturated carbocycles. The largest absolute Gasteiger partial charge is 0.444 e. The number of benzene rings is 1. The Balaban J connectivity index is 1.87. The Labute approximate surface area is 198 Å². The van der Waals surface area contributed by atoms with E-state index in [1.807, 2.05) is 14.1 Å². The number of amides is 3. The third-order valence-electron chi connectivity index (χ3n) is 5.39. The van der Waals surface area contributed by atoms with Gasteiger partial charge in [0, 0.05) is 43.3 Å². The normalized spacial score (nSPS) is 15.3. The molecule has 8 nitrogen and oxygen atoms in total. The van der Waals surface area contributed by atoms with Crippen molar-refractivity contribution in [1.29, 1.82) is 0 Å². The van der Waals surface area contributed by atoms with Gasteiger partial charge in [0.1, 0.15) is 5.60 Å². The lowest BCUT2D eigenvalue weighted by Crippen LogP contribution is -2.46. The first-order chi connectivity index (χ1) is 15.3. The van der Waals surface area contributed by atoms with Crippen molar-refractivity contribution in [1.82, 2.24) is 15.1 Å². The zero-order valence-electron chi connectivity index (χ0n) is 21.2. The molecule has 8 heteroatoms. The summed E-state index contributed by atoms with van der Waals surface area (Å²) in [6.45, 7) is 12.2. The van der Waals surface area contributed by atoms with Gasteiger partial charge in [-0.2, -0.15) is 0 Å². The molecular formula is C25H40N4O4. The van der Waals surface area contributed by atoms with Crippen molar-refractivity contribution in [3.8, 4) is 0 Å². The number of anilines is 1. The summed E-state index contributed by atoms with van der Waals surface area (Å²) in [7, 11) is 4.05. The molecule has 33 heavy (non-hydrogen) atoms. The first-order valence-electron chi connectivity index (χ1n) is 11.6. The number of likely N-dealkylation sites (tertiary alicyclic amines) is 1. The van der Waals surface area contributed by atoms with Gasteiger partial charge in [0.05, 0.1) is 0 Å². The van der Waals surface area contributed by atoms with Crippen LogP contribution in [-0.4, -0.2) is 73.6 Å². The Morgan fingerprint density at radius 2 is 1.73 bits per heavy atom. The van der Waals surface area contributed by atoms with E-state index in [1.165, 1.54) is 0 Å². The quantitative estimate of drug-likeness (QED) is 0.649. The van der Waals surface area contributed by atoms with Crippen LogP contribution < -0.4 is 10.6 Å². The maximum absolute atomic E-state index is 13.0. The minimum absolute atomic E-state index is 0.00577. The molecule has 184 valence electrons. The monoisotopic (exact) mass is 460 g/mol. The van der Waals surface area contributed by atoms with Crippen LogP contribution in [0.5, 0.6) is 0 Å². The fourth-order valence-corrected chi connectivity index (χ4v) is 4.06.